The average molecular weight is 1560 g/mol. The summed E-state index contributed by atoms with van der Waals surface area (Å²) in [6.07, 6.45) is 0.703. The minimum Gasteiger partial charge on any atom is -0.342 e. The van der Waals surface area contributed by atoms with Crippen molar-refractivity contribution < 1.29 is 0 Å². The molecule has 0 radical (unpaired) electrons. The number of nitrogens with zero attached hydrogens (tertiary/aromatic N) is 3. The van der Waals surface area contributed by atoms with Gasteiger partial charge in [0.2, 0.25) is 0 Å². The molecule has 0 unspecified atom stereocenters. The first-order chi connectivity index (χ1) is 56.7. The van der Waals surface area contributed by atoms with Gasteiger partial charge in [-0.05, 0) is 218 Å². The van der Waals surface area contributed by atoms with E-state index >= 15 is 0 Å². The molecular weight excluding hydrogens is 1460 g/mol. The van der Waals surface area contributed by atoms with Gasteiger partial charge in [-0.3, -0.25) is 0 Å². The van der Waals surface area contributed by atoms with Crippen LogP contribution >= 0.6 is 22.7 Å². The summed E-state index contributed by atoms with van der Waals surface area (Å²) in [5.74, 6) is 0. The van der Waals surface area contributed by atoms with Crippen LogP contribution < -0.4 is 26.2 Å². The molecule has 20 rings (SSSR count). The van der Waals surface area contributed by atoms with Crippen LogP contribution in [-0.2, 0) is 33.5 Å². The quantitative estimate of drug-likeness (QED) is 0.120. The molecule has 2 aliphatic heterocycles. The Morgan fingerprint density at radius 2 is 0.763 bits per heavy atom. The zero-order valence-electron chi connectivity index (χ0n) is 70.6. The van der Waals surface area contributed by atoms with Crippen LogP contribution in [-0.4, -0.2) is 17.8 Å². The minimum atomic E-state index is -0.252. The lowest BCUT2D eigenvalue weighted by Gasteiger charge is -2.46. The van der Waals surface area contributed by atoms with Crippen LogP contribution in [0.4, 0.5) is 28.4 Å². The number of rotatable bonds is 11. The molecule has 3 nitrogen and oxygen atoms in total. The lowest BCUT2D eigenvalue weighted by molar-refractivity contribution is 0.572. The average Bonchev–Trinajstić information content (AvgIpc) is 0.706. The van der Waals surface area contributed by atoms with Crippen LogP contribution in [0, 0.1) is 0 Å². The van der Waals surface area contributed by atoms with Gasteiger partial charge < -0.3 is 14.4 Å². The summed E-state index contributed by atoms with van der Waals surface area (Å²) in [6, 6.07) is 120. The fourth-order valence-corrected chi connectivity index (χ4v) is 21.5. The number of thiophene rings is 2. The molecule has 0 N–H and O–H groups in total. The molecule has 0 bridgehead atoms. The molecule has 0 aliphatic carbocycles. The van der Waals surface area contributed by atoms with E-state index in [2.05, 4.69) is 428 Å². The molecule has 15 aromatic carbocycles. The number of hydrogen-bond acceptors (Lipinski definition) is 4. The third-order valence-electron chi connectivity index (χ3n) is 25.5. The first kappa shape index (κ1) is 75.0. The zero-order valence-corrected chi connectivity index (χ0v) is 72.2. The summed E-state index contributed by atoms with van der Waals surface area (Å²) < 4.78 is 7.90. The Labute approximate surface area is 704 Å². The SMILES string of the molecule is CC(C)(C)c1cc(-c2cccc3sc4ccccc4c23)c(CCN2c3ccc(-c4cccc(-c5ccccc5)c4)cc3B3c4ccc(C(C)(C)C)cc4N(c4c(-c5ccccc5)cc(C(C)(C)C)cc4-c4ccccc4)c4cc(-n5c6ccccc6c6cc(C(C)(C)C)cc(C(C)(C)C)c65)cc2c43)c(-c2cccc3sc4ccccc4c23)c1. The first-order valence-corrected chi connectivity index (χ1v) is 43.9. The van der Waals surface area contributed by atoms with E-state index in [4.69, 9.17) is 0 Å². The molecular formula is C112H100BN3S2. The topological polar surface area (TPSA) is 11.4 Å². The highest BCUT2D eigenvalue weighted by Gasteiger charge is 2.46. The Morgan fingerprint density at radius 1 is 0.297 bits per heavy atom. The lowest BCUT2D eigenvalue weighted by Crippen LogP contribution is -2.62. The number of para-hydroxylation sites is 1. The second-order valence-electron chi connectivity index (χ2n) is 38.3. The highest BCUT2D eigenvalue weighted by Crippen LogP contribution is 2.55. The van der Waals surface area contributed by atoms with E-state index in [-0.39, 0.29) is 33.8 Å². The maximum atomic E-state index is 2.81. The summed E-state index contributed by atoms with van der Waals surface area (Å²) in [7, 11) is 0. The number of anilines is 5. The highest BCUT2D eigenvalue weighted by molar-refractivity contribution is 7.26. The summed E-state index contributed by atoms with van der Waals surface area (Å²) in [4.78, 5) is 5.60. The monoisotopic (exact) mass is 1560 g/mol. The summed E-state index contributed by atoms with van der Waals surface area (Å²) in [5, 5.41) is 7.77. The maximum absolute atomic E-state index is 2.81. The van der Waals surface area contributed by atoms with E-state index < -0.39 is 0 Å². The van der Waals surface area contributed by atoms with E-state index in [1.165, 1.54) is 201 Å². The Kier molecular flexibility index (Phi) is 17.8. The normalized spacial score (nSPS) is 13.2. The van der Waals surface area contributed by atoms with E-state index in [1.54, 1.807) is 0 Å². The molecule has 0 amide bonds. The Hall–Kier alpha value is -11.8. The molecule has 0 spiro atoms. The van der Waals surface area contributed by atoms with E-state index in [1.807, 2.05) is 22.7 Å². The summed E-state index contributed by atoms with van der Waals surface area (Å²) in [5.41, 5.74) is 34.9. The molecule has 18 aromatic rings. The second-order valence-corrected chi connectivity index (χ2v) is 40.5. The number of aromatic nitrogens is 1. The minimum absolute atomic E-state index is 0.114. The number of fused-ring (bicyclic) bond motifs is 13. The van der Waals surface area contributed by atoms with Gasteiger partial charge in [0.15, 0.2) is 0 Å². The van der Waals surface area contributed by atoms with Gasteiger partial charge in [-0.15, -0.1) is 22.7 Å². The van der Waals surface area contributed by atoms with Crippen LogP contribution in [0.5, 0.6) is 0 Å². The van der Waals surface area contributed by atoms with Crippen molar-refractivity contribution in [3.63, 3.8) is 0 Å². The molecule has 5 heterocycles. The van der Waals surface area contributed by atoms with E-state index in [0.29, 0.717) is 13.0 Å². The maximum Gasteiger partial charge on any atom is 0.252 e. The number of hydrogen-bond donors (Lipinski definition) is 0. The Bertz CT molecular complexity index is 6880. The fraction of sp³-hybridized carbons (Fsp3) is 0.196. The second kappa shape index (κ2) is 27.9. The molecule has 0 saturated heterocycles. The summed E-state index contributed by atoms with van der Waals surface area (Å²) in [6.45, 7) is 36.3. The summed E-state index contributed by atoms with van der Waals surface area (Å²) >= 11 is 3.82. The van der Waals surface area contributed by atoms with Gasteiger partial charge in [-0.25, -0.2) is 0 Å². The van der Waals surface area contributed by atoms with Gasteiger partial charge in [0.25, 0.3) is 6.71 Å². The van der Waals surface area contributed by atoms with Gasteiger partial charge >= 0.3 is 0 Å². The lowest BCUT2D eigenvalue weighted by atomic mass is 9.33. The predicted octanol–water partition coefficient (Wildman–Crippen LogP) is 30.0. The third-order valence-corrected chi connectivity index (χ3v) is 27.8. The molecule has 3 aromatic heterocycles. The van der Waals surface area contributed by atoms with Crippen molar-refractivity contribution in [2.24, 2.45) is 0 Å². The molecule has 118 heavy (non-hydrogen) atoms. The van der Waals surface area contributed by atoms with E-state index in [0.717, 1.165) is 11.4 Å². The van der Waals surface area contributed by atoms with Crippen LogP contribution in [0.15, 0.2) is 309 Å². The molecule has 578 valence electrons. The van der Waals surface area contributed by atoms with Gasteiger partial charge in [-0.2, -0.15) is 0 Å². The van der Waals surface area contributed by atoms with Crippen molar-refractivity contribution in [3.05, 3.63) is 343 Å². The molecule has 0 atom stereocenters. The van der Waals surface area contributed by atoms with E-state index in [9.17, 15) is 0 Å². The zero-order chi connectivity index (χ0) is 81.2. The smallest absolute Gasteiger partial charge is 0.252 e. The Morgan fingerprint density at radius 3 is 1.32 bits per heavy atom. The van der Waals surface area contributed by atoms with Gasteiger partial charge in [-0.1, -0.05) is 334 Å². The number of benzene rings is 15. The molecule has 6 heteroatoms. The fourth-order valence-electron chi connectivity index (χ4n) is 19.3. The molecule has 0 fully saturated rings. The van der Waals surface area contributed by atoms with Crippen molar-refractivity contribution in [2.75, 3.05) is 16.3 Å². The standard InChI is InChI=1S/C112H100BN3S2/c1-108(2,3)75-53-54-92-96(66-75)116(106-86(70-36-21-17-22-37-70)60-76(109(4,5)6)61-87(106)71-38-23-18-24-39-71)98-68-79(115-94-47-28-25-42-81(94)90-64-78(111(10,11)12)65-91(107(90)115)112(13,14)15)67-97-105(98)113(92)93-59-74(73-41-31-40-72(58-73)69-34-19-16-20-35-69)52-55-95(93)114(97)57-56-80-88(82-45-32-50-101-103(82)84-43-26-29-48-99(84)117-101)62-77(110(7,8)9)63-89(80)83-46-33-51-102-104(83)85-44-27-30-49-100(85)118-102/h16-55,58-68H,56-57H2,1-15H3. The predicted molar refractivity (Wildman–Crippen MR) is 516 cm³/mol. The van der Waals surface area contributed by atoms with Crippen molar-refractivity contribution in [1.82, 2.24) is 4.57 Å². The van der Waals surface area contributed by atoms with Gasteiger partial charge in [0.1, 0.15) is 0 Å². The Balaban J connectivity index is 0.947. The molecule has 2 aliphatic rings. The third kappa shape index (κ3) is 12.7. The van der Waals surface area contributed by atoms with Crippen LogP contribution in [0.3, 0.4) is 0 Å². The van der Waals surface area contributed by atoms with Gasteiger partial charge in [0, 0.05) is 91.5 Å². The van der Waals surface area contributed by atoms with Crippen molar-refractivity contribution >= 4 is 136 Å². The van der Waals surface area contributed by atoms with Gasteiger partial charge in [0.05, 0.1) is 22.4 Å². The van der Waals surface area contributed by atoms with Crippen molar-refractivity contribution in [1.29, 1.82) is 0 Å². The molecule has 0 saturated carbocycles. The van der Waals surface area contributed by atoms with Crippen LogP contribution in [0.2, 0.25) is 0 Å². The van der Waals surface area contributed by atoms with Crippen LogP contribution in [0.25, 0.3) is 135 Å². The largest absolute Gasteiger partial charge is 0.342 e. The van der Waals surface area contributed by atoms with Crippen molar-refractivity contribution in [2.45, 2.75) is 137 Å². The van der Waals surface area contributed by atoms with Crippen molar-refractivity contribution in [3.8, 4) is 72.4 Å². The van der Waals surface area contributed by atoms with Crippen LogP contribution in [0.1, 0.15) is 137 Å². The highest BCUT2D eigenvalue weighted by atomic mass is 32.1. The first-order valence-electron chi connectivity index (χ1n) is 42.3.